The first-order chi connectivity index (χ1) is 14.5. The van der Waals surface area contributed by atoms with Crippen molar-refractivity contribution in [2.45, 2.75) is 45.0 Å². The molecule has 9 heteroatoms. The highest BCUT2D eigenvalue weighted by Gasteiger charge is 2.38. The Balaban J connectivity index is 0.000000423. The van der Waals surface area contributed by atoms with Crippen molar-refractivity contribution in [2.75, 3.05) is 6.54 Å². The second kappa shape index (κ2) is 10.4. The normalized spacial score (nSPS) is 13.5. The van der Waals surface area contributed by atoms with Crippen molar-refractivity contribution in [1.29, 1.82) is 0 Å². The zero-order valence-corrected chi connectivity index (χ0v) is 17.4. The predicted molar refractivity (Wildman–Crippen MR) is 112 cm³/mol. The van der Waals surface area contributed by atoms with E-state index in [2.05, 4.69) is 60.6 Å². The lowest BCUT2D eigenvalue weighted by molar-refractivity contribution is -0.192. The second-order valence-electron chi connectivity index (χ2n) is 7.49. The van der Waals surface area contributed by atoms with Crippen LogP contribution in [-0.4, -0.2) is 39.1 Å². The highest BCUT2D eigenvalue weighted by atomic mass is 19.4. The minimum absolute atomic E-state index is 0.161. The molecule has 0 fully saturated rings. The highest BCUT2D eigenvalue weighted by molar-refractivity contribution is 5.78. The first-order valence-corrected chi connectivity index (χ1v) is 9.73. The van der Waals surface area contributed by atoms with Crippen LogP contribution >= 0.6 is 0 Å². The number of hydrogen-bond donors (Lipinski definition) is 4. The van der Waals surface area contributed by atoms with E-state index in [9.17, 15) is 18.3 Å². The lowest BCUT2D eigenvalue weighted by atomic mass is 10.00. The maximum atomic E-state index is 10.6. The minimum atomic E-state index is -5.08. The topological polar surface area (TPSA) is 98.2 Å². The van der Waals surface area contributed by atoms with Crippen molar-refractivity contribution in [3.05, 3.63) is 65.4 Å². The van der Waals surface area contributed by atoms with Gasteiger partial charge in [0.1, 0.15) is 0 Å². The molecule has 0 saturated carbocycles. The van der Waals surface area contributed by atoms with Crippen molar-refractivity contribution in [3.8, 4) is 0 Å². The number of fused-ring (bicyclic) bond motifs is 1. The summed E-state index contributed by atoms with van der Waals surface area (Å²) in [4.78, 5) is 8.90. The number of aliphatic hydroxyl groups excluding tert-OH is 1. The first kappa shape index (κ1) is 24.4. The molecule has 0 aliphatic rings. The summed E-state index contributed by atoms with van der Waals surface area (Å²) in [7, 11) is 0. The Kier molecular flexibility index (Phi) is 8.18. The molecule has 0 aliphatic carbocycles. The van der Waals surface area contributed by atoms with E-state index in [4.69, 9.17) is 9.90 Å². The molecule has 0 amide bonds. The fourth-order valence-corrected chi connectivity index (χ4v) is 2.86. The smallest absolute Gasteiger partial charge is 0.475 e. The number of aliphatic hydroxyl groups is 1. The lowest BCUT2D eigenvalue weighted by Gasteiger charge is -2.18. The summed E-state index contributed by atoms with van der Waals surface area (Å²) in [5.41, 5.74) is 4.47. The molecule has 31 heavy (non-hydrogen) atoms. The largest absolute Gasteiger partial charge is 0.490 e. The van der Waals surface area contributed by atoms with Crippen molar-refractivity contribution in [2.24, 2.45) is 0 Å². The van der Waals surface area contributed by atoms with Gasteiger partial charge in [-0.2, -0.15) is 18.3 Å². The summed E-state index contributed by atoms with van der Waals surface area (Å²) in [5.74, 6) is -2.25. The molecule has 0 saturated heterocycles. The van der Waals surface area contributed by atoms with Crippen LogP contribution in [0.3, 0.4) is 0 Å². The van der Waals surface area contributed by atoms with Crippen LogP contribution < -0.4 is 5.32 Å². The number of rotatable bonds is 6. The van der Waals surface area contributed by atoms with Crippen LogP contribution in [0.2, 0.25) is 0 Å². The molecule has 2 atom stereocenters. The number of aromatic amines is 1. The van der Waals surface area contributed by atoms with Crippen molar-refractivity contribution < 1.29 is 28.2 Å². The van der Waals surface area contributed by atoms with Crippen LogP contribution in [0, 0.1) is 0 Å². The summed E-state index contributed by atoms with van der Waals surface area (Å²) in [6.45, 7) is 6.97. The molecular formula is C22H26F3N3O3. The Hall–Kier alpha value is -2.91. The van der Waals surface area contributed by atoms with Gasteiger partial charge in [0.2, 0.25) is 0 Å². The third-order valence-electron chi connectivity index (χ3n) is 4.81. The Morgan fingerprint density at radius 2 is 1.61 bits per heavy atom. The van der Waals surface area contributed by atoms with Gasteiger partial charge in [0, 0.05) is 18.0 Å². The third-order valence-corrected chi connectivity index (χ3v) is 4.81. The standard InChI is InChI=1S/C20H25N3O.C2HF3O2/c1-13(2)15-4-6-16(7-5-15)20(24)12-21-14(3)17-8-9-19-18(10-17)11-22-23-19;3-2(4,5)1(6)7/h4-11,13-14,20-21,24H,12H2,1-3H3,(H,22,23);(H,6,7). The number of nitrogens with zero attached hydrogens (tertiary/aromatic N) is 1. The SMILES string of the molecule is CC(C)c1ccc(C(O)CNC(C)c2ccc3[nH]ncc3c2)cc1.O=C(O)C(F)(F)F. The molecule has 0 spiro atoms. The molecule has 2 unspecified atom stereocenters. The fraction of sp³-hybridized carbons (Fsp3) is 0.364. The van der Waals surface area contributed by atoms with Gasteiger partial charge in [-0.3, -0.25) is 5.10 Å². The Morgan fingerprint density at radius 1 is 1.06 bits per heavy atom. The van der Waals surface area contributed by atoms with Crippen molar-refractivity contribution >= 4 is 16.9 Å². The van der Waals surface area contributed by atoms with Crippen LogP contribution in [0.4, 0.5) is 13.2 Å². The number of benzene rings is 2. The summed E-state index contributed by atoms with van der Waals surface area (Å²) in [5, 5.41) is 29.1. The van der Waals surface area contributed by atoms with E-state index in [1.807, 2.05) is 24.4 Å². The number of H-pyrrole nitrogens is 1. The van der Waals surface area contributed by atoms with Crippen LogP contribution in [0.1, 0.15) is 55.5 Å². The maximum Gasteiger partial charge on any atom is 0.490 e. The number of alkyl halides is 3. The lowest BCUT2D eigenvalue weighted by Crippen LogP contribution is -2.24. The van der Waals surface area contributed by atoms with Gasteiger partial charge in [-0.1, -0.05) is 44.2 Å². The number of nitrogens with one attached hydrogen (secondary N) is 2. The average Bonchev–Trinajstić information content (AvgIpc) is 3.19. The Morgan fingerprint density at radius 3 is 2.16 bits per heavy atom. The zero-order valence-electron chi connectivity index (χ0n) is 17.4. The summed E-state index contributed by atoms with van der Waals surface area (Å²) in [6, 6.07) is 14.6. The van der Waals surface area contributed by atoms with Gasteiger partial charge in [-0.25, -0.2) is 4.79 Å². The number of carboxylic acids is 1. The highest BCUT2D eigenvalue weighted by Crippen LogP contribution is 2.21. The van der Waals surface area contributed by atoms with Gasteiger partial charge in [-0.15, -0.1) is 0 Å². The van der Waals surface area contributed by atoms with Crippen LogP contribution in [0.25, 0.3) is 10.9 Å². The predicted octanol–water partition coefficient (Wildman–Crippen LogP) is 4.70. The fourth-order valence-electron chi connectivity index (χ4n) is 2.86. The molecule has 1 heterocycles. The molecule has 3 aromatic rings. The number of carboxylic acid groups (broad SMARTS) is 1. The molecule has 2 aromatic carbocycles. The summed E-state index contributed by atoms with van der Waals surface area (Å²) >= 11 is 0. The molecule has 6 nitrogen and oxygen atoms in total. The molecule has 1 aromatic heterocycles. The van der Waals surface area contributed by atoms with Crippen molar-refractivity contribution in [3.63, 3.8) is 0 Å². The number of hydrogen-bond acceptors (Lipinski definition) is 4. The van der Waals surface area contributed by atoms with Crippen LogP contribution in [0.15, 0.2) is 48.7 Å². The number of aliphatic carboxylic acids is 1. The van der Waals surface area contributed by atoms with E-state index in [0.717, 1.165) is 16.5 Å². The molecule has 0 radical (unpaired) electrons. The zero-order chi connectivity index (χ0) is 23.2. The molecule has 4 N–H and O–H groups in total. The van der Waals surface area contributed by atoms with E-state index >= 15 is 0 Å². The number of aromatic nitrogens is 2. The van der Waals surface area contributed by atoms with Gasteiger partial charge >= 0.3 is 12.1 Å². The van der Waals surface area contributed by atoms with Crippen LogP contribution in [-0.2, 0) is 4.79 Å². The molecule has 168 valence electrons. The number of carbonyl (C=O) groups is 1. The van der Waals surface area contributed by atoms with Crippen molar-refractivity contribution in [1.82, 2.24) is 15.5 Å². The monoisotopic (exact) mass is 437 g/mol. The Bertz CT molecular complexity index is 985. The molecule has 0 bridgehead atoms. The molecule has 0 aliphatic heterocycles. The summed E-state index contributed by atoms with van der Waals surface area (Å²) in [6.07, 6.45) is -3.76. The van der Waals surface area contributed by atoms with E-state index < -0.39 is 18.2 Å². The molecule has 3 rings (SSSR count). The third kappa shape index (κ3) is 7.08. The maximum absolute atomic E-state index is 10.6. The van der Waals surface area contributed by atoms with E-state index in [-0.39, 0.29) is 6.04 Å². The van der Waals surface area contributed by atoms with E-state index in [1.54, 1.807) is 0 Å². The van der Waals surface area contributed by atoms with Crippen LogP contribution in [0.5, 0.6) is 0 Å². The minimum Gasteiger partial charge on any atom is -0.475 e. The number of halogens is 3. The first-order valence-electron chi connectivity index (χ1n) is 9.73. The van der Waals surface area contributed by atoms with Gasteiger partial charge in [0.05, 0.1) is 17.8 Å². The average molecular weight is 437 g/mol. The van der Waals surface area contributed by atoms with Gasteiger partial charge in [0.25, 0.3) is 0 Å². The summed E-state index contributed by atoms with van der Waals surface area (Å²) < 4.78 is 31.7. The van der Waals surface area contributed by atoms with E-state index in [1.165, 1.54) is 11.1 Å². The van der Waals surface area contributed by atoms with E-state index in [0.29, 0.717) is 12.5 Å². The molecular weight excluding hydrogens is 411 g/mol. The van der Waals surface area contributed by atoms with Gasteiger partial charge in [-0.05, 0) is 41.7 Å². The van der Waals surface area contributed by atoms with Gasteiger partial charge in [0.15, 0.2) is 0 Å². The Labute approximate surface area is 178 Å². The second-order valence-corrected chi connectivity index (χ2v) is 7.49. The quantitative estimate of drug-likeness (QED) is 0.448. The van der Waals surface area contributed by atoms with Gasteiger partial charge < -0.3 is 15.5 Å².